The van der Waals surface area contributed by atoms with E-state index in [1.54, 1.807) is 12.1 Å². The topological polar surface area (TPSA) is 20.3 Å². The van der Waals surface area contributed by atoms with Crippen LogP contribution in [0.5, 0.6) is 0 Å². The summed E-state index contributed by atoms with van der Waals surface area (Å²) in [6.45, 7) is 3.56. The van der Waals surface area contributed by atoms with Gasteiger partial charge in [0, 0.05) is 17.3 Å². The van der Waals surface area contributed by atoms with E-state index < -0.39 is 0 Å². The largest absolute Gasteiger partial charge is 0.335 e. The Balaban J connectivity index is 2.23. The van der Waals surface area contributed by atoms with Gasteiger partial charge in [-0.1, -0.05) is 24.3 Å². The molecular formula is C18H18FNO. The Morgan fingerprint density at radius 3 is 2.71 bits per heavy atom. The zero-order valence-electron chi connectivity index (χ0n) is 12.3. The minimum Gasteiger partial charge on any atom is -0.335 e. The summed E-state index contributed by atoms with van der Waals surface area (Å²) in [5, 5.41) is 0. The molecule has 1 aliphatic rings. The Labute approximate surface area is 124 Å². The molecule has 0 bridgehead atoms. The molecule has 0 aromatic heterocycles. The Morgan fingerprint density at radius 2 is 1.95 bits per heavy atom. The lowest BCUT2D eigenvalue weighted by atomic mass is 9.94. The van der Waals surface area contributed by atoms with Gasteiger partial charge < -0.3 is 4.90 Å². The first-order valence-electron chi connectivity index (χ1n) is 7.26. The van der Waals surface area contributed by atoms with Gasteiger partial charge in [0.05, 0.1) is 5.69 Å². The molecule has 2 aromatic carbocycles. The van der Waals surface area contributed by atoms with Crippen molar-refractivity contribution in [2.75, 3.05) is 4.90 Å². The van der Waals surface area contributed by atoms with Crippen LogP contribution in [0.15, 0.2) is 42.5 Å². The van der Waals surface area contributed by atoms with E-state index in [0.29, 0.717) is 11.3 Å². The van der Waals surface area contributed by atoms with Crippen LogP contribution in [-0.2, 0) is 6.42 Å². The van der Waals surface area contributed by atoms with Crippen LogP contribution < -0.4 is 4.90 Å². The standard InChI is InChI=1S/C18H18FNO/c1-12-10-11-14-6-3-4-9-17(14)20(12)18-15(13(2)21)7-5-8-16(18)19/h3-9,12H,10-11H2,1-2H3. The molecule has 0 saturated carbocycles. The lowest BCUT2D eigenvalue weighted by molar-refractivity contribution is 0.101. The van der Waals surface area contributed by atoms with Crippen LogP contribution in [0.4, 0.5) is 15.8 Å². The number of carbonyl (C=O) groups is 1. The Morgan fingerprint density at radius 1 is 1.19 bits per heavy atom. The number of hydrogen-bond donors (Lipinski definition) is 0. The van der Waals surface area contributed by atoms with Gasteiger partial charge in [-0.3, -0.25) is 4.79 Å². The lowest BCUT2D eigenvalue weighted by Crippen LogP contribution is -2.34. The van der Waals surface area contributed by atoms with Gasteiger partial charge in [-0.15, -0.1) is 0 Å². The fourth-order valence-corrected chi connectivity index (χ4v) is 3.07. The molecule has 0 saturated heterocycles. The smallest absolute Gasteiger partial charge is 0.162 e. The number of aryl methyl sites for hydroxylation is 1. The molecule has 1 heterocycles. The highest BCUT2D eigenvalue weighted by Crippen LogP contribution is 2.39. The van der Waals surface area contributed by atoms with E-state index in [2.05, 4.69) is 13.0 Å². The maximum absolute atomic E-state index is 14.5. The SMILES string of the molecule is CC(=O)c1cccc(F)c1N1c2ccccc2CCC1C. The summed E-state index contributed by atoms with van der Waals surface area (Å²) in [6.07, 6.45) is 1.93. The molecule has 3 heteroatoms. The highest BCUT2D eigenvalue weighted by molar-refractivity contribution is 6.01. The van der Waals surface area contributed by atoms with Crippen LogP contribution in [-0.4, -0.2) is 11.8 Å². The number of benzene rings is 2. The van der Waals surface area contributed by atoms with Crippen LogP contribution in [0.3, 0.4) is 0 Å². The van der Waals surface area contributed by atoms with Crippen molar-refractivity contribution in [3.05, 3.63) is 59.4 Å². The minimum atomic E-state index is -0.341. The molecule has 2 aromatic rings. The molecule has 0 radical (unpaired) electrons. The second-order valence-corrected chi connectivity index (χ2v) is 5.58. The highest BCUT2D eigenvalue weighted by Gasteiger charge is 2.28. The summed E-state index contributed by atoms with van der Waals surface area (Å²) in [5.41, 5.74) is 3.06. The van der Waals surface area contributed by atoms with E-state index in [1.807, 2.05) is 23.1 Å². The minimum absolute atomic E-state index is 0.111. The number of Topliss-reactive ketones (excluding diaryl/α,β-unsaturated/α-hetero) is 1. The first-order valence-corrected chi connectivity index (χ1v) is 7.26. The summed E-state index contributed by atoms with van der Waals surface area (Å²) in [5.74, 6) is -0.453. The molecule has 1 aliphatic heterocycles. The third-order valence-electron chi connectivity index (χ3n) is 4.13. The Bertz CT molecular complexity index is 695. The molecule has 0 N–H and O–H groups in total. The van der Waals surface area contributed by atoms with Crippen LogP contribution in [0.25, 0.3) is 0 Å². The molecule has 0 aliphatic carbocycles. The third-order valence-corrected chi connectivity index (χ3v) is 4.13. The summed E-state index contributed by atoms with van der Waals surface area (Å²) >= 11 is 0. The van der Waals surface area contributed by atoms with Crippen LogP contribution >= 0.6 is 0 Å². The number of hydrogen-bond acceptors (Lipinski definition) is 2. The van der Waals surface area contributed by atoms with Gasteiger partial charge in [0.15, 0.2) is 5.78 Å². The van der Waals surface area contributed by atoms with Crippen molar-refractivity contribution in [1.29, 1.82) is 0 Å². The van der Waals surface area contributed by atoms with Gasteiger partial charge in [0.1, 0.15) is 5.82 Å². The predicted octanol–water partition coefficient (Wildman–Crippen LogP) is 4.50. The van der Waals surface area contributed by atoms with Gasteiger partial charge in [-0.25, -0.2) is 4.39 Å². The van der Waals surface area contributed by atoms with Crippen LogP contribution in [0, 0.1) is 5.82 Å². The average molecular weight is 283 g/mol. The molecule has 0 fully saturated rings. The molecular weight excluding hydrogens is 265 g/mol. The zero-order valence-corrected chi connectivity index (χ0v) is 12.3. The number of halogens is 1. The van der Waals surface area contributed by atoms with Crippen molar-refractivity contribution in [2.24, 2.45) is 0 Å². The number of carbonyl (C=O) groups excluding carboxylic acids is 1. The summed E-state index contributed by atoms with van der Waals surface area (Å²) in [6, 6.07) is 12.9. The average Bonchev–Trinajstić information content (AvgIpc) is 2.47. The summed E-state index contributed by atoms with van der Waals surface area (Å²) in [4.78, 5) is 13.9. The lowest BCUT2D eigenvalue weighted by Gasteiger charge is -2.38. The van der Waals surface area contributed by atoms with Crippen LogP contribution in [0.2, 0.25) is 0 Å². The molecule has 1 atom stereocenters. The summed E-state index contributed by atoms with van der Waals surface area (Å²) < 4.78 is 14.5. The van der Waals surface area contributed by atoms with E-state index >= 15 is 0 Å². The first-order chi connectivity index (χ1) is 10.1. The van der Waals surface area contributed by atoms with Crippen molar-refractivity contribution < 1.29 is 9.18 Å². The number of ketones is 1. The van der Waals surface area contributed by atoms with E-state index in [1.165, 1.54) is 18.6 Å². The zero-order chi connectivity index (χ0) is 15.0. The van der Waals surface area contributed by atoms with Gasteiger partial charge in [-0.05, 0) is 50.5 Å². The molecule has 2 nitrogen and oxygen atoms in total. The quantitative estimate of drug-likeness (QED) is 0.756. The molecule has 0 amide bonds. The van der Waals surface area contributed by atoms with Crippen molar-refractivity contribution in [3.8, 4) is 0 Å². The molecule has 1 unspecified atom stereocenters. The molecule has 21 heavy (non-hydrogen) atoms. The fourth-order valence-electron chi connectivity index (χ4n) is 3.07. The highest BCUT2D eigenvalue weighted by atomic mass is 19.1. The van der Waals surface area contributed by atoms with Crippen molar-refractivity contribution in [2.45, 2.75) is 32.7 Å². The van der Waals surface area contributed by atoms with Crippen molar-refractivity contribution in [1.82, 2.24) is 0 Å². The monoisotopic (exact) mass is 283 g/mol. The number of fused-ring (bicyclic) bond motifs is 1. The van der Waals surface area contributed by atoms with E-state index in [0.717, 1.165) is 18.5 Å². The molecule has 3 rings (SSSR count). The number of para-hydroxylation sites is 2. The van der Waals surface area contributed by atoms with E-state index in [9.17, 15) is 9.18 Å². The van der Waals surface area contributed by atoms with Gasteiger partial charge >= 0.3 is 0 Å². The van der Waals surface area contributed by atoms with Gasteiger partial charge in [0.25, 0.3) is 0 Å². The Kier molecular flexibility index (Phi) is 3.50. The van der Waals surface area contributed by atoms with Crippen molar-refractivity contribution >= 4 is 17.2 Å². The fraction of sp³-hybridized carbons (Fsp3) is 0.278. The van der Waals surface area contributed by atoms with Crippen LogP contribution in [0.1, 0.15) is 36.2 Å². The summed E-state index contributed by atoms with van der Waals surface area (Å²) in [7, 11) is 0. The van der Waals surface area contributed by atoms with E-state index in [4.69, 9.17) is 0 Å². The number of anilines is 2. The first kappa shape index (κ1) is 13.8. The van der Waals surface area contributed by atoms with Gasteiger partial charge in [0.2, 0.25) is 0 Å². The second-order valence-electron chi connectivity index (χ2n) is 5.58. The van der Waals surface area contributed by atoms with Gasteiger partial charge in [-0.2, -0.15) is 0 Å². The second kappa shape index (κ2) is 5.32. The normalized spacial score (nSPS) is 17.5. The number of nitrogens with zero attached hydrogens (tertiary/aromatic N) is 1. The maximum Gasteiger partial charge on any atom is 0.162 e. The van der Waals surface area contributed by atoms with Crippen molar-refractivity contribution in [3.63, 3.8) is 0 Å². The maximum atomic E-state index is 14.5. The number of rotatable bonds is 2. The molecule has 0 spiro atoms. The Hall–Kier alpha value is -2.16. The van der Waals surface area contributed by atoms with E-state index in [-0.39, 0.29) is 17.6 Å². The molecule has 108 valence electrons. The third kappa shape index (κ3) is 2.33. The predicted molar refractivity (Wildman–Crippen MR) is 82.8 cm³/mol.